The number of aromatic nitrogens is 4. The van der Waals surface area contributed by atoms with Gasteiger partial charge in [0.05, 0.1) is 22.8 Å². The maximum Gasteiger partial charge on any atom is 2.00 e. The molecule has 0 amide bonds. The zero-order valence-electron chi connectivity index (χ0n) is 21.3. The summed E-state index contributed by atoms with van der Waals surface area (Å²) in [6.45, 7) is 3.78. The zero-order valence-corrected chi connectivity index (χ0v) is 25.9. The number of fused-ring (bicyclic) bond motifs is 2. The van der Waals surface area contributed by atoms with Crippen LogP contribution in [0, 0.1) is 0 Å². The Labute approximate surface area is 245 Å². The van der Waals surface area contributed by atoms with Gasteiger partial charge < -0.3 is 20.2 Å². The van der Waals surface area contributed by atoms with Crippen LogP contribution in [0.25, 0.3) is 20.4 Å². The summed E-state index contributed by atoms with van der Waals surface area (Å²) >= 11 is 3.06. The molecule has 11 heteroatoms. The quantitative estimate of drug-likeness (QED) is 0.159. The van der Waals surface area contributed by atoms with Gasteiger partial charge in [0.15, 0.2) is 0 Å². The van der Waals surface area contributed by atoms with Gasteiger partial charge in [0.25, 0.3) is 0 Å². The third-order valence-electron chi connectivity index (χ3n) is 5.21. The summed E-state index contributed by atoms with van der Waals surface area (Å²) in [5.41, 5.74) is 5.12. The Balaban J connectivity index is 0.000000176. The van der Waals surface area contributed by atoms with E-state index in [1.165, 1.54) is 22.7 Å². The van der Waals surface area contributed by atoms with Crippen LogP contribution in [-0.4, -0.2) is 21.4 Å². The number of rotatable bonds is 4. The first-order valence-corrected chi connectivity index (χ1v) is 13.3. The van der Waals surface area contributed by atoms with Crippen LogP contribution in [0.2, 0.25) is 0 Å². The van der Waals surface area contributed by atoms with E-state index in [1.807, 2.05) is 98.8 Å². The number of nitrogens with zero attached hydrogens (tertiary/aromatic N) is 8. The molecule has 8 nitrogen and oxygen atoms in total. The molecule has 0 saturated heterocycles. The van der Waals surface area contributed by atoms with Crippen LogP contribution >= 0.6 is 22.7 Å². The summed E-state index contributed by atoms with van der Waals surface area (Å²) in [4.78, 5) is 18.6. The van der Waals surface area contributed by atoms with Gasteiger partial charge in [-0.2, -0.15) is 0 Å². The van der Waals surface area contributed by atoms with E-state index < -0.39 is 0 Å². The molecule has 0 bridgehead atoms. The largest absolute Gasteiger partial charge is 2.00 e. The predicted molar refractivity (Wildman–Crippen MR) is 154 cm³/mol. The van der Waals surface area contributed by atoms with E-state index in [4.69, 9.17) is 0 Å². The second-order valence-corrected chi connectivity index (χ2v) is 9.95. The molecule has 2 aromatic carbocycles. The molecule has 0 aliphatic heterocycles. The van der Waals surface area contributed by atoms with Crippen molar-refractivity contribution in [2.45, 2.75) is 13.8 Å². The van der Waals surface area contributed by atoms with Crippen molar-refractivity contribution in [2.24, 2.45) is 20.4 Å². The summed E-state index contributed by atoms with van der Waals surface area (Å²) in [7, 11) is 0. The Bertz CT molecular complexity index is 1640. The third kappa shape index (κ3) is 7.57. The first-order valence-electron chi connectivity index (χ1n) is 11.7. The van der Waals surface area contributed by atoms with Gasteiger partial charge in [0.1, 0.15) is 0 Å². The van der Waals surface area contributed by atoms with Crippen molar-refractivity contribution in [2.75, 3.05) is 0 Å². The van der Waals surface area contributed by atoms with Gasteiger partial charge in [-0.05, 0) is 61.3 Å². The van der Waals surface area contributed by atoms with Gasteiger partial charge in [0, 0.05) is 31.4 Å². The molecule has 0 aliphatic carbocycles. The number of hydrogen-bond donors (Lipinski definition) is 0. The molecule has 6 aromatic rings. The second-order valence-electron chi connectivity index (χ2n) is 7.93. The molecule has 188 valence electrons. The van der Waals surface area contributed by atoms with Gasteiger partial charge in [0.2, 0.25) is 0 Å². The Morgan fingerprint density at radius 1 is 0.590 bits per heavy atom. The maximum atomic E-state index is 4.40. The van der Waals surface area contributed by atoms with Crippen LogP contribution in [0.1, 0.15) is 25.2 Å². The fraction of sp³-hybridized carbons (Fsp3) is 0.0714. The molecule has 39 heavy (non-hydrogen) atoms. The number of thiazole rings is 2. The number of hydrogen-bond acceptors (Lipinski definition) is 8. The molecule has 0 saturated carbocycles. The minimum Gasteiger partial charge on any atom is -0.425 e. The molecule has 0 N–H and O–H groups in total. The Kier molecular flexibility index (Phi) is 9.91. The van der Waals surface area contributed by atoms with Crippen LogP contribution in [0.15, 0.2) is 118 Å². The van der Waals surface area contributed by atoms with E-state index >= 15 is 0 Å². The van der Waals surface area contributed by atoms with Crippen molar-refractivity contribution in [3.63, 3.8) is 0 Å². The van der Waals surface area contributed by atoms with E-state index in [1.54, 1.807) is 12.4 Å². The van der Waals surface area contributed by atoms with Crippen molar-refractivity contribution in [1.82, 2.24) is 19.9 Å². The molecule has 4 aromatic heterocycles. The van der Waals surface area contributed by atoms with Gasteiger partial charge in [-0.25, -0.2) is 0 Å². The average molecular weight is 600 g/mol. The Morgan fingerprint density at radius 2 is 1.00 bits per heavy atom. The SMILES string of the molecule is C/C(=N\N=c1/[n-]c2ccccc2s1)c1ccccn1.C/C(=N\N=c1/[n-]c2ccccc2s1)c1ccccn1.[Zn+2]. The fourth-order valence-corrected chi connectivity index (χ4v) is 4.87. The normalized spacial score (nSPS) is 12.8. The molecule has 4 heterocycles. The average Bonchev–Trinajstić information content (AvgIpc) is 3.59. The van der Waals surface area contributed by atoms with Crippen molar-refractivity contribution in [1.29, 1.82) is 0 Å². The van der Waals surface area contributed by atoms with E-state index in [-0.39, 0.29) is 19.5 Å². The smallest absolute Gasteiger partial charge is 0.425 e. The number of pyridine rings is 2. The van der Waals surface area contributed by atoms with E-state index in [0.29, 0.717) is 9.60 Å². The molecule has 0 fully saturated rings. The molecular formula is C28H22N8S2Zn. The first-order chi connectivity index (χ1) is 18.7. The molecular weight excluding hydrogens is 578 g/mol. The van der Waals surface area contributed by atoms with Gasteiger partial charge in [-0.1, -0.05) is 48.5 Å². The molecule has 0 unspecified atom stereocenters. The number of para-hydroxylation sites is 2. The summed E-state index contributed by atoms with van der Waals surface area (Å²) < 4.78 is 2.24. The van der Waals surface area contributed by atoms with Crippen LogP contribution in [0.4, 0.5) is 0 Å². The summed E-state index contributed by atoms with van der Waals surface area (Å²) in [6.07, 6.45) is 3.48. The molecule has 0 atom stereocenters. The number of benzene rings is 2. The summed E-state index contributed by atoms with van der Waals surface area (Å²) in [6, 6.07) is 27.4. The van der Waals surface area contributed by atoms with Gasteiger partial charge in [-0.3, -0.25) is 20.2 Å². The Hall–Kier alpha value is -3.92. The van der Waals surface area contributed by atoms with Crippen LogP contribution in [-0.2, 0) is 19.5 Å². The van der Waals surface area contributed by atoms with E-state index in [0.717, 1.165) is 43.2 Å². The maximum absolute atomic E-state index is 4.40. The summed E-state index contributed by atoms with van der Waals surface area (Å²) in [5.74, 6) is 0. The minimum absolute atomic E-state index is 0. The van der Waals surface area contributed by atoms with Gasteiger partial charge in [-0.15, -0.1) is 22.7 Å². The van der Waals surface area contributed by atoms with Crippen molar-refractivity contribution < 1.29 is 19.5 Å². The first kappa shape index (κ1) is 28.1. The molecule has 0 aliphatic rings. The van der Waals surface area contributed by atoms with Crippen molar-refractivity contribution in [3.05, 3.63) is 118 Å². The third-order valence-corrected chi connectivity index (χ3v) is 7.05. The topological polar surface area (TPSA) is 103 Å². The van der Waals surface area contributed by atoms with E-state index in [2.05, 4.69) is 40.3 Å². The Morgan fingerprint density at radius 3 is 1.38 bits per heavy atom. The predicted octanol–water partition coefficient (Wildman–Crippen LogP) is 5.15. The van der Waals surface area contributed by atoms with Crippen LogP contribution in [0.3, 0.4) is 0 Å². The molecule has 0 radical (unpaired) electrons. The minimum atomic E-state index is 0. The van der Waals surface area contributed by atoms with Crippen molar-refractivity contribution >= 4 is 54.5 Å². The standard InChI is InChI=1S/2C14H11N4S.Zn/c2*1-10(11-6-4-5-9-15-11)17-18-14-16-12-7-2-3-8-13(12)19-14;/h2*2-9H,1H3;/q2*-1;+2/b2*17-10+;. The van der Waals surface area contributed by atoms with Crippen LogP contribution in [0.5, 0.6) is 0 Å². The fourth-order valence-electron chi connectivity index (χ4n) is 3.30. The monoisotopic (exact) mass is 598 g/mol. The van der Waals surface area contributed by atoms with Gasteiger partial charge >= 0.3 is 19.5 Å². The second kappa shape index (κ2) is 13.8. The molecule has 6 rings (SSSR count). The van der Waals surface area contributed by atoms with Crippen molar-refractivity contribution in [3.8, 4) is 0 Å². The zero-order chi connectivity index (χ0) is 26.2. The molecule has 0 spiro atoms. The van der Waals surface area contributed by atoms with Crippen LogP contribution < -0.4 is 19.6 Å². The van der Waals surface area contributed by atoms with E-state index in [9.17, 15) is 0 Å². The summed E-state index contributed by atoms with van der Waals surface area (Å²) in [5, 5.41) is 16.7.